The van der Waals surface area contributed by atoms with E-state index in [0.717, 1.165) is 15.7 Å². The first-order valence-corrected chi connectivity index (χ1v) is 5.49. The van der Waals surface area contributed by atoms with Crippen molar-refractivity contribution in [3.8, 4) is 6.07 Å². The highest BCUT2D eigenvalue weighted by atomic mass is 16.5. The Bertz CT molecular complexity index is 930. The fraction of sp³-hybridized carbons (Fsp3) is 0.167. The van der Waals surface area contributed by atoms with Crippen LogP contribution in [0.2, 0.25) is 0 Å². The molecule has 0 amide bonds. The van der Waals surface area contributed by atoms with Crippen molar-refractivity contribution in [1.82, 2.24) is 9.56 Å². The summed E-state index contributed by atoms with van der Waals surface area (Å²) in [4.78, 5) is 14.8. The van der Waals surface area contributed by atoms with Crippen LogP contribution in [0.4, 0.5) is 0 Å². The van der Waals surface area contributed by atoms with E-state index in [-0.39, 0.29) is 16.9 Å². The Kier molecular flexibility index (Phi) is 2.10. The summed E-state index contributed by atoms with van der Waals surface area (Å²) in [7, 11) is 0. The molecule has 19 heavy (non-hydrogen) atoms. The summed E-state index contributed by atoms with van der Waals surface area (Å²) in [5.41, 5.74) is 2.17. The molecule has 94 valence electrons. The van der Waals surface area contributed by atoms with E-state index in [1.807, 2.05) is 13.8 Å². The summed E-state index contributed by atoms with van der Waals surface area (Å²) in [5, 5.41) is 21.2. The summed E-state index contributed by atoms with van der Waals surface area (Å²) < 4.78 is 6.51. The average Bonchev–Trinajstić information content (AvgIpc) is 2.74. The molecule has 0 bridgehead atoms. The van der Waals surface area contributed by atoms with Crippen molar-refractivity contribution in [3.63, 3.8) is 0 Å². The van der Waals surface area contributed by atoms with E-state index in [2.05, 4.69) is 4.98 Å². The molecule has 3 rings (SSSR count). The average molecular weight is 256 g/mol. The first-order valence-electron chi connectivity index (χ1n) is 5.49. The van der Waals surface area contributed by atoms with Crippen molar-refractivity contribution in [1.29, 1.82) is 5.26 Å². The van der Waals surface area contributed by atoms with Crippen LogP contribution in [0, 0.1) is 30.4 Å². The van der Waals surface area contributed by atoms with Crippen LogP contribution < -0.4 is 10.5 Å². The van der Waals surface area contributed by atoms with Gasteiger partial charge in [-0.3, -0.25) is 0 Å². The van der Waals surface area contributed by atoms with Crippen LogP contribution >= 0.6 is 0 Å². The maximum Gasteiger partial charge on any atom is 0.460 e. The Morgan fingerprint density at radius 1 is 1.42 bits per heavy atom. The summed E-state index contributed by atoms with van der Waals surface area (Å²) in [6.45, 7) is 3.73. The summed E-state index contributed by atoms with van der Waals surface area (Å²) in [6.07, 6.45) is 0. The second-order valence-corrected chi connectivity index (χ2v) is 4.27. The Labute approximate surface area is 106 Å². The molecule has 0 saturated carbocycles. The van der Waals surface area contributed by atoms with Gasteiger partial charge in [0.05, 0.1) is 0 Å². The fourth-order valence-electron chi connectivity index (χ4n) is 2.00. The van der Waals surface area contributed by atoms with E-state index >= 15 is 0 Å². The van der Waals surface area contributed by atoms with Gasteiger partial charge in [-0.1, -0.05) is 0 Å². The van der Waals surface area contributed by atoms with E-state index in [9.17, 15) is 10.0 Å². The van der Waals surface area contributed by atoms with E-state index < -0.39 is 5.76 Å². The number of hydrogen-bond acceptors (Lipinski definition) is 5. The number of fused-ring (bicyclic) bond motifs is 3. The fourth-order valence-corrected chi connectivity index (χ4v) is 2.00. The third kappa shape index (κ3) is 1.40. The van der Waals surface area contributed by atoms with Crippen molar-refractivity contribution in [2.24, 2.45) is 0 Å². The lowest BCUT2D eigenvalue weighted by atomic mass is 10.1. The lowest BCUT2D eigenvalue weighted by Gasteiger charge is -2.07. The summed E-state index contributed by atoms with van der Waals surface area (Å²) in [5.74, 6) is -0.845. The highest BCUT2D eigenvalue weighted by molar-refractivity contribution is 5.76. The van der Waals surface area contributed by atoms with E-state index in [0.29, 0.717) is 10.2 Å². The molecule has 0 saturated heterocycles. The number of hydrogen-bond donors (Lipinski definition) is 0. The second-order valence-electron chi connectivity index (χ2n) is 4.27. The molecule has 3 aromatic rings. The molecule has 0 N–H and O–H groups in total. The van der Waals surface area contributed by atoms with E-state index in [4.69, 9.17) is 9.78 Å². The second kappa shape index (κ2) is 3.55. The zero-order valence-corrected chi connectivity index (χ0v) is 10.2. The molecule has 7 heteroatoms. The molecule has 2 heterocycles. The van der Waals surface area contributed by atoms with Gasteiger partial charge in [0.1, 0.15) is 0 Å². The minimum Gasteiger partial charge on any atom is -0.617 e. The number of nitriles is 1. The van der Waals surface area contributed by atoms with E-state index in [1.54, 1.807) is 18.2 Å². The van der Waals surface area contributed by atoms with Gasteiger partial charge in [-0.25, -0.2) is 4.79 Å². The Balaban J connectivity index is 2.70. The zero-order valence-electron chi connectivity index (χ0n) is 10.2. The lowest BCUT2D eigenvalue weighted by molar-refractivity contribution is -0.579. The van der Waals surface area contributed by atoms with Crippen molar-refractivity contribution < 1.29 is 9.25 Å². The van der Waals surface area contributed by atoms with Gasteiger partial charge in [-0.05, 0) is 31.0 Å². The molecule has 2 aromatic heterocycles. The van der Waals surface area contributed by atoms with E-state index in [1.165, 1.54) is 0 Å². The zero-order chi connectivity index (χ0) is 13.7. The molecular formula is C12H8N4O3. The van der Waals surface area contributed by atoms with Gasteiger partial charge < -0.3 is 9.73 Å². The largest absolute Gasteiger partial charge is 0.617 e. The highest BCUT2D eigenvalue weighted by Gasteiger charge is 2.22. The Morgan fingerprint density at radius 2 is 2.11 bits per heavy atom. The van der Waals surface area contributed by atoms with Gasteiger partial charge in [0.25, 0.3) is 5.65 Å². The van der Waals surface area contributed by atoms with Crippen molar-refractivity contribution in [2.45, 2.75) is 13.8 Å². The van der Waals surface area contributed by atoms with Gasteiger partial charge in [0.2, 0.25) is 5.52 Å². The van der Waals surface area contributed by atoms with Gasteiger partial charge in [-0.15, -0.1) is 9.56 Å². The first kappa shape index (κ1) is 11.2. The smallest absolute Gasteiger partial charge is 0.460 e. The maximum atomic E-state index is 12.1. The van der Waals surface area contributed by atoms with Crippen LogP contribution in [0.5, 0.6) is 0 Å². The quantitative estimate of drug-likeness (QED) is 0.432. The molecule has 0 radical (unpaired) electrons. The molecule has 0 atom stereocenters. The molecule has 0 aliphatic rings. The van der Waals surface area contributed by atoms with Crippen LogP contribution in [0.1, 0.15) is 16.8 Å². The minimum absolute atomic E-state index is 0.0711. The predicted octanol–water partition coefficient (Wildman–Crippen LogP) is 0.563. The summed E-state index contributed by atoms with van der Waals surface area (Å²) in [6, 6.07) is 5.12. The number of nitrogens with zero attached hydrogens (tertiary/aromatic N) is 4. The maximum absolute atomic E-state index is 12.1. The van der Waals surface area contributed by atoms with Crippen LogP contribution in [-0.2, 0) is 0 Å². The molecule has 0 aliphatic heterocycles. The molecule has 0 unspecified atom stereocenters. The van der Waals surface area contributed by atoms with Crippen LogP contribution in [-0.4, -0.2) is 9.56 Å². The Morgan fingerprint density at radius 3 is 2.79 bits per heavy atom. The van der Waals surface area contributed by atoms with Crippen LogP contribution in [0.3, 0.4) is 0 Å². The monoisotopic (exact) mass is 256 g/mol. The molecular weight excluding hydrogens is 248 g/mol. The standard InChI is InChI=1S/C12H8N4O3/c1-6-3-8-9(4-7(6)2)16-11(14-12(17)19-16)10(5-13)15(8)18/h3-4H,1-2H3. The third-order valence-electron chi connectivity index (χ3n) is 3.11. The first-order chi connectivity index (χ1) is 9.02. The number of aromatic nitrogens is 3. The predicted molar refractivity (Wildman–Crippen MR) is 64.4 cm³/mol. The molecule has 0 aliphatic carbocycles. The van der Waals surface area contributed by atoms with Gasteiger partial charge in [0.15, 0.2) is 11.6 Å². The van der Waals surface area contributed by atoms with Crippen LogP contribution in [0.25, 0.3) is 16.7 Å². The minimum atomic E-state index is -0.845. The molecule has 0 fully saturated rings. The number of benzene rings is 1. The normalized spacial score (nSPS) is 11.0. The number of rotatable bonds is 0. The summed E-state index contributed by atoms with van der Waals surface area (Å²) >= 11 is 0. The topological polar surface area (TPSA) is 98.2 Å². The molecule has 7 nitrogen and oxygen atoms in total. The van der Waals surface area contributed by atoms with Gasteiger partial charge in [0, 0.05) is 6.07 Å². The lowest BCUT2D eigenvalue weighted by Crippen LogP contribution is -2.33. The highest BCUT2D eigenvalue weighted by Crippen LogP contribution is 2.18. The van der Waals surface area contributed by atoms with Crippen LogP contribution in [0.15, 0.2) is 21.5 Å². The Hall–Kier alpha value is -2.88. The van der Waals surface area contributed by atoms with Gasteiger partial charge >= 0.3 is 11.4 Å². The SMILES string of the molecule is Cc1cc2c(cc1C)[n+]([O-])c(C#N)c1nc(=O)on12. The molecule has 1 aromatic carbocycles. The molecule has 0 spiro atoms. The van der Waals surface area contributed by atoms with Gasteiger partial charge in [-0.2, -0.15) is 9.99 Å². The third-order valence-corrected chi connectivity index (χ3v) is 3.11. The number of aryl methyl sites for hydroxylation is 2. The van der Waals surface area contributed by atoms with Crippen molar-refractivity contribution in [2.75, 3.05) is 0 Å². The van der Waals surface area contributed by atoms with Crippen molar-refractivity contribution in [3.05, 3.63) is 44.7 Å². The van der Waals surface area contributed by atoms with Crippen molar-refractivity contribution >= 4 is 16.7 Å².